The molecule has 0 fully saturated rings. The van der Waals surface area contributed by atoms with Crippen LogP contribution in [0, 0.1) is 0 Å². The van der Waals surface area contributed by atoms with Crippen LogP contribution in [0.25, 0.3) is 0 Å². The van der Waals surface area contributed by atoms with Crippen LogP contribution in [0.1, 0.15) is 15.2 Å². The second-order valence-corrected chi connectivity index (χ2v) is 5.32. The maximum Gasteiger partial charge on any atom is 0.337 e. The Kier molecular flexibility index (Phi) is 5.26. The molecule has 0 saturated carbocycles. The zero-order valence-corrected chi connectivity index (χ0v) is 12.6. The number of ether oxygens (including phenoxy) is 1. The van der Waals surface area contributed by atoms with E-state index < -0.39 is 17.8 Å². The molecular formula is C15H14N2O4S. The molecule has 0 aliphatic carbocycles. The Morgan fingerprint density at radius 2 is 1.82 bits per heavy atom. The summed E-state index contributed by atoms with van der Waals surface area (Å²) in [5.74, 6) is -1.95. The van der Waals surface area contributed by atoms with Gasteiger partial charge < -0.3 is 15.4 Å². The molecule has 2 N–H and O–H groups in total. The van der Waals surface area contributed by atoms with Gasteiger partial charge in [-0.05, 0) is 35.7 Å². The number of carbonyl (C=O) groups excluding carboxylic acids is 3. The number of thiophene rings is 1. The third-order valence-electron chi connectivity index (χ3n) is 2.77. The fourth-order valence-corrected chi connectivity index (χ4v) is 2.30. The van der Waals surface area contributed by atoms with Crippen molar-refractivity contribution in [2.45, 2.75) is 6.54 Å². The van der Waals surface area contributed by atoms with Crippen LogP contribution in [0.15, 0.2) is 41.8 Å². The number of esters is 1. The number of carbonyl (C=O) groups is 3. The number of rotatable bonds is 4. The lowest BCUT2D eigenvalue weighted by molar-refractivity contribution is -0.136. The van der Waals surface area contributed by atoms with E-state index in [9.17, 15) is 14.4 Å². The fraction of sp³-hybridized carbons (Fsp3) is 0.133. The molecule has 0 spiro atoms. The van der Waals surface area contributed by atoms with Crippen LogP contribution in [0.3, 0.4) is 0 Å². The van der Waals surface area contributed by atoms with Crippen molar-refractivity contribution < 1.29 is 19.1 Å². The highest BCUT2D eigenvalue weighted by atomic mass is 32.1. The summed E-state index contributed by atoms with van der Waals surface area (Å²) in [7, 11) is 1.29. The first-order chi connectivity index (χ1) is 10.6. The van der Waals surface area contributed by atoms with E-state index in [1.165, 1.54) is 42.7 Å². The van der Waals surface area contributed by atoms with Crippen molar-refractivity contribution in [1.29, 1.82) is 0 Å². The monoisotopic (exact) mass is 318 g/mol. The number of methoxy groups -OCH3 is 1. The molecule has 1 aromatic carbocycles. The summed E-state index contributed by atoms with van der Waals surface area (Å²) in [5, 5.41) is 6.88. The summed E-state index contributed by atoms with van der Waals surface area (Å²) >= 11 is 1.50. The van der Waals surface area contributed by atoms with E-state index in [0.717, 1.165) is 4.88 Å². The molecule has 0 unspecified atom stereocenters. The summed E-state index contributed by atoms with van der Waals surface area (Å²) < 4.78 is 4.57. The van der Waals surface area contributed by atoms with E-state index in [2.05, 4.69) is 15.4 Å². The normalized spacial score (nSPS) is 9.86. The number of hydrogen-bond acceptors (Lipinski definition) is 5. The van der Waals surface area contributed by atoms with Crippen LogP contribution in [0.4, 0.5) is 5.69 Å². The molecule has 114 valence electrons. The molecule has 7 heteroatoms. The molecule has 0 aliphatic rings. The highest BCUT2D eigenvalue weighted by molar-refractivity contribution is 7.09. The number of anilines is 1. The predicted octanol–water partition coefficient (Wildman–Crippen LogP) is 1.79. The lowest BCUT2D eigenvalue weighted by atomic mass is 10.2. The molecule has 1 aromatic heterocycles. The minimum atomic E-state index is -0.762. The van der Waals surface area contributed by atoms with Crippen LogP contribution in [0.2, 0.25) is 0 Å². The molecule has 2 aromatic rings. The smallest absolute Gasteiger partial charge is 0.337 e. The first-order valence-electron chi connectivity index (χ1n) is 6.40. The van der Waals surface area contributed by atoms with Gasteiger partial charge in [0, 0.05) is 10.6 Å². The maximum absolute atomic E-state index is 11.7. The van der Waals surface area contributed by atoms with Gasteiger partial charge in [0.1, 0.15) is 0 Å². The van der Waals surface area contributed by atoms with E-state index in [0.29, 0.717) is 17.8 Å². The lowest BCUT2D eigenvalue weighted by Crippen LogP contribution is -2.34. The molecule has 0 saturated heterocycles. The van der Waals surface area contributed by atoms with Crippen molar-refractivity contribution in [2.24, 2.45) is 0 Å². The number of nitrogens with one attached hydrogen (secondary N) is 2. The summed E-state index contributed by atoms with van der Waals surface area (Å²) in [6.45, 7) is 0.311. The minimum absolute atomic E-state index is 0.311. The molecule has 0 aliphatic heterocycles. The van der Waals surface area contributed by atoms with Crippen molar-refractivity contribution in [3.8, 4) is 0 Å². The van der Waals surface area contributed by atoms with Crippen molar-refractivity contribution in [3.63, 3.8) is 0 Å². The second-order valence-electron chi connectivity index (χ2n) is 4.29. The number of benzene rings is 1. The Labute approximate surface area is 131 Å². The van der Waals surface area contributed by atoms with Gasteiger partial charge in [-0.2, -0.15) is 0 Å². The van der Waals surface area contributed by atoms with Crippen LogP contribution in [-0.2, 0) is 20.9 Å². The van der Waals surface area contributed by atoms with Crippen molar-refractivity contribution in [2.75, 3.05) is 12.4 Å². The van der Waals surface area contributed by atoms with Crippen LogP contribution < -0.4 is 10.6 Å². The molecule has 6 nitrogen and oxygen atoms in total. The number of amides is 2. The van der Waals surface area contributed by atoms with Gasteiger partial charge in [0.15, 0.2) is 0 Å². The second kappa shape index (κ2) is 7.37. The van der Waals surface area contributed by atoms with Gasteiger partial charge in [-0.3, -0.25) is 9.59 Å². The standard InChI is InChI=1S/C15H14N2O4S/c1-21-15(20)10-4-6-11(7-5-10)17-14(19)13(18)16-9-12-3-2-8-22-12/h2-8H,9H2,1H3,(H,16,18)(H,17,19). The van der Waals surface area contributed by atoms with Gasteiger partial charge >= 0.3 is 17.8 Å². The summed E-state index contributed by atoms with van der Waals surface area (Å²) in [5.41, 5.74) is 0.784. The summed E-state index contributed by atoms with van der Waals surface area (Å²) in [6, 6.07) is 9.80. The largest absolute Gasteiger partial charge is 0.465 e. The Morgan fingerprint density at radius 3 is 2.41 bits per heavy atom. The SMILES string of the molecule is COC(=O)c1ccc(NC(=O)C(=O)NCc2cccs2)cc1. The van der Waals surface area contributed by atoms with E-state index in [4.69, 9.17) is 0 Å². The number of hydrogen-bond donors (Lipinski definition) is 2. The van der Waals surface area contributed by atoms with Crippen molar-refractivity contribution in [3.05, 3.63) is 52.2 Å². The Morgan fingerprint density at radius 1 is 1.09 bits per heavy atom. The van der Waals surface area contributed by atoms with Gasteiger partial charge in [-0.25, -0.2) is 4.79 Å². The van der Waals surface area contributed by atoms with Crippen molar-refractivity contribution in [1.82, 2.24) is 5.32 Å². The summed E-state index contributed by atoms with van der Waals surface area (Å²) in [6.07, 6.45) is 0. The average Bonchev–Trinajstić information content (AvgIpc) is 3.06. The zero-order chi connectivity index (χ0) is 15.9. The maximum atomic E-state index is 11.7. The fourth-order valence-electron chi connectivity index (χ4n) is 1.66. The van der Waals surface area contributed by atoms with Gasteiger partial charge in [-0.15, -0.1) is 11.3 Å². The highest BCUT2D eigenvalue weighted by Crippen LogP contribution is 2.10. The van der Waals surface area contributed by atoms with Crippen LogP contribution >= 0.6 is 11.3 Å². The molecule has 1 heterocycles. The molecule has 22 heavy (non-hydrogen) atoms. The predicted molar refractivity (Wildman–Crippen MR) is 82.6 cm³/mol. The Bertz CT molecular complexity index is 665. The van der Waals surface area contributed by atoms with E-state index in [1.807, 2.05) is 17.5 Å². The van der Waals surface area contributed by atoms with Gasteiger partial charge in [0.05, 0.1) is 19.2 Å². The Balaban J connectivity index is 1.88. The van der Waals surface area contributed by atoms with Gasteiger partial charge in [0.25, 0.3) is 0 Å². The van der Waals surface area contributed by atoms with E-state index in [1.54, 1.807) is 0 Å². The van der Waals surface area contributed by atoms with Gasteiger partial charge in [-0.1, -0.05) is 6.07 Å². The third kappa shape index (κ3) is 4.16. The molecule has 0 atom stereocenters. The first kappa shape index (κ1) is 15.7. The molecule has 2 rings (SSSR count). The Hall–Kier alpha value is -2.67. The summed E-state index contributed by atoms with van der Waals surface area (Å²) in [4.78, 5) is 35.6. The first-order valence-corrected chi connectivity index (χ1v) is 7.28. The quantitative estimate of drug-likeness (QED) is 0.665. The highest BCUT2D eigenvalue weighted by Gasteiger charge is 2.14. The molecule has 0 bridgehead atoms. The molecule has 2 amide bonds. The van der Waals surface area contributed by atoms with Crippen molar-refractivity contribution >= 4 is 34.8 Å². The minimum Gasteiger partial charge on any atom is -0.465 e. The average molecular weight is 318 g/mol. The van der Waals surface area contributed by atoms with E-state index >= 15 is 0 Å². The van der Waals surface area contributed by atoms with Gasteiger partial charge in [0.2, 0.25) is 0 Å². The van der Waals surface area contributed by atoms with Crippen LogP contribution in [-0.4, -0.2) is 24.9 Å². The molecular weight excluding hydrogens is 304 g/mol. The van der Waals surface area contributed by atoms with E-state index in [-0.39, 0.29) is 0 Å². The molecule has 0 radical (unpaired) electrons. The lowest BCUT2D eigenvalue weighted by Gasteiger charge is -2.06. The topological polar surface area (TPSA) is 84.5 Å². The van der Waals surface area contributed by atoms with Crippen LogP contribution in [0.5, 0.6) is 0 Å². The zero-order valence-electron chi connectivity index (χ0n) is 11.8. The third-order valence-corrected chi connectivity index (χ3v) is 3.65.